The standard InChI is InChI=1S/C23H23N5O2/c1-30-23(29)17-11-10-15(26-20(17)14-8-9-14)13-25-21-16-5-4-7-18(16)27-22(28-21)19-6-2-3-12-24-19/h2-3,6,10-12,14H,4-5,7-9,13H2,1H3,(H,25,27,28). The molecule has 0 atom stereocenters. The number of methoxy groups -OCH3 is 1. The Labute approximate surface area is 175 Å². The van der Waals surface area contributed by atoms with Gasteiger partial charge in [0, 0.05) is 23.4 Å². The minimum absolute atomic E-state index is 0.322. The monoisotopic (exact) mass is 401 g/mol. The van der Waals surface area contributed by atoms with Crippen LogP contribution in [0.5, 0.6) is 0 Å². The molecule has 5 rings (SSSR count). The molecule has 152 valence electrons. The number of carbonyl (C=O) groups is 1. The average molecular weight is 401 g/mol. The van der Waals surface area contributed by atoms with Gasteiger partial charge in [-0.15, -0.1) is 0 Å². The zero-order valence-corrected chi connectivity index (χ0v) is 16.9. The summed E-state index contributed by atoms with van der Waals surface area (Å²) in [6.07, 6.45) is 6.92. The van der Waals surface area contributed by atoms with E-state index in [9.17, 15) is 4.79 Å². The molecule has 3 aromatic heterocycles. The Kier molecular flexibility index (Phi) is 4.86. The molecule has 0 aromatic carbocycles. The second kappa shape index (κ2) is 7.82. The molecule has 2 aliphatic carbocycles. The third-order valence-corrected chi connectivity index (χ3v) is 5.62. The highest BCUT2D eigenvalue weighted by molar-refractivity contribution is 5.90. The van der Waals surface area contributed by atoms with Gasteiger partial charge in [-0.1, -0.05) is 6.07 Å². The zero-order chi connectivity index (χ0) is 20.5. The molecule has 3 aromatic rings. The van der Waals surface area contributed by atoms with Crippen LogP contribution in [0.3, 0.4) is 0 Å². The van der Waals surface area contributed by atoms with Crippen LogP contribution in [0.1, 0.15) is 58.2 Å². The highest BCUT2D eigenvalue weighted by Crippen LogP contribution is 2.41. The van der Waals surface area contributed by atoms with Crippen LogP contribution in [0.15, 0.2) is 36.5 Å². The Balaban J connectivity index is 1.42. The molecule has 0 saturated heterocycles. The second-order valence-electron chi connectivity index (χ2n) is 7.74. The lowest BCUT2D eigenvalue weighted by atomic mass is 10.1. The molecular weight excluding hydrogens is 378 g/mol. The Hall–Kier alpha value is -3.35. The summed E-state index contributed by atoms with van der Waals surface area (Å²) in [5.41, 5.74) is 5.36. The predicted octanol–water partition coefficient (Wildman–Crippen LogP) is 3.70. The predicted molar refractivity (Wildman–Crippen MR) is 112 cm³/mol. The van der Waals surface area contributed by atoms with E-state index in [4.69, 9.17) is 19.7 Å². The molecule has 1 N–H and O–H groups in total. The van der Waals surface area contributed by atoms with Gasteiger partial charge in [-0.05, 0) is 56.4 Å². The summed E-state index contributed by atoms with van der Waals surface area (Å²) < 4.78 is 4.91. The molecule has 0 unspecified atom stereocenters. The normalized spacial score (nSPS) is 15.0. The van der Waals surface area contributed by atoms with Crippen LogP contribution in [0.2, 0.25) is 0 Å². The summed E-state index contributed by atoms with van der Waals surface area (Å²) in [5, 5.41) is 3.46. The van der Waals surface area contributed by atoms with Gasteiger partial charge in [0.15, 0.2) is 5.82 Å². The minimum Gasteiger partial charge on any atom is -0.465 e. The van der Waals surface area contributed by atoms with E-state index in [-0.39, 0.29) is 5.97 Å². The van der Waals surface area contributed by atoms with Crippen molar-refractivity contribution in [2.75, 3.05) is 12.4 Å². The molecule has 1 fully saturated rings. The maximum absolute atomic E-state index is 12.1. The van der Waals surface area contributed by atoms with Crippen LogP contribution < -0.4 is 5.32 Å². The van der Waals surface area contributed by atoms with Crippen LogP contribution in [-0.4, -0.2) is 33.0 Å². The first-order valence-electron chi connectivity index (χ1n) is 10.4. The van der Waals surface area contributed by atoms with Crippen molar-refractivity contribution in [2.24, 2.45) is 0 Å². The summed E-state index contributed by atoms with van der Waals surface area (Å²) in [7, 11) is 1.41. The van der Waals surface area contributed by atoms with E-state index in [2.05, 4.69) is 10.3 Å². The van der Waals surface area contributed by atoms with E-state index in [1.165, 1.54) is 12.7 Å². The average Bonchev–Trinajstić information content (AvgIpc) is 3.54. The van der Waals surface area contributed by atoms with Gasteiger partial charge in [0.1, 0.15) is 11.5 Å². The number of aromatic nitrogens is 4. The molecule has 0 amide bonds. The largest absolute Gasteiger partial charge is 0.465 e. The van der Waals surface area contributed by atoms with E-state index in [1.807, 2.05) is 30.3 Å². The first-order chi connectivity index (χ1) is 14.7. The van der Waals surface area contributed by atoms with E-state index < -0.39 is 0 Å². The number of anilines is 1. The van der Waals surface area contributed by atoms with Crippen molar-refractivity contribution >= 4 is 11.8 Å². The van der Waals surface area contributed by atoms with E-state index >= 15 is 0 Å². The van der Waals surface area contributed by atoms with Crippen LogP contribution in [0.4, 0.5) is 5.82 Å². The van der Waals surface area contributed by atoms with Crippen LogP contribution in [0, 0.1) is 0 Å². The van der Waals surface area contributed by atoms with Crippen molar-refractivity contribution in [3.05, 3.63) is 64.7 Å². The van der Waals surface area contributed by atoms with Crippen LogP contribution in [-0.2, 0) is 24.1 Å². The Morgan fingerprint density at radius 2 is 2.03 bits per heavy atom. The summed E-state index contributed by atoms with van der Waals surface area (Å²) >= 11 is 0. The molecule has 7 nitrogen and oxygen atoms in total. The molecule has 30 heavy (non-hydrogen) atoms. The number of ether oxygens (including phenoxy) is 1. The molecule has 0 spiro atoms. The Morgan fingerprint density at radius 3 is 2.80 bits per heavy atom. The number of hydrogen-bond acceptors (Lipinski definition) is 7. The van der Waals surface area contributed by atoms with Gasteiger partial charge in [-0.2, -0.15) is 0 Å². The molecule has 0 aliphatic heterocycles. The maximum atomic E-state index is 12.1. The highest BCUT2D eigenvalue weighted by Gasteiger charge is 2.30. The molecule has 0 bridgehead atoms. The molecule has 1 saturated carbocycles. The molecule has 0 radical (unpaired) electrons. The first-order valence-corrected chi connectivity index (χ1v) is 10.4. The maximum Gasteiger partial charge on any atom is 0.339 e. The first kappa shape index (κ1) is 18.7. The number of fused-ring (bicyclic) bond motifs is 1. The number of carbonyl (C=O) groups excluding carboxylic acids is 1. The fourth-order valence-corrected chi connectivity index (χ4v) is 3.93. The number of nitrogens with one attached hydrogen (secondary N) is 1. The van der Waals surface area contributed by atoms with E-state index in [1.54, 1.807) is 6.20 Å². The van der Waals surface area contributed by atoms with Crippen LogP contribution >= 0.6 is 0 Å². The number of pyridine rings is 2. The SMILES string of the molecule is COC(=O)c1ccc(CNc2nc(-c3ccccn3)nc3c2CCC3)nc1C1CC1. The Morgan fingerprint density at radius 1 is 1.13 bits per heavy atom. The number of aryl methyl sites for hydroxylation is 1. The zero-order valence-electron chi connectivity index (χ0n) is 16.9. The lowest BCUT2D eigenvalue weighted by Gasteiger charge is -2.13. The summed E-state index contributed by atoms with van der Waals surface area (Å²) in [4.78, 5) is 30.7. The van der Waals surface area contributed by atoms with Gasteiger partial charge in [-0.3, -0.25) is 9.97 Å². The van der Waals surface area contributed by atoms with E-state index in [0.717, 1.165) is 60.7 Å². The fourth-order valence-electron chi connectivity index (χ4n) is 3.93. The molecular formula is C23H23N5O2. The van der Waals surface area contributed by atoms with Crippen molar-refractivity contribution in [3.8, 4) is 11.5 Å². The number of hydrogen-bond donors (Lipinski definition) is 1. The van der Waals surface area contributed by atoms with E-state index in [0.29, 0.717) is 23.9 Å². The number of nitrogens with zero attached hydrogens (tertiary/aromatic N) is 4. The lowest BCUT2D eigenvalue weighted by molar-refractivity contribution is 0.0598. The molecule has 3 heterocycles. The number of esters is 1. The smallest absolute Gasteiger partial charge is 0.339 e. The number of rotatable bonds is 6. The van der Waals surface area contributed by atoms with Gasteiger partial charge in [0.25, 0.3) is 0 Å². The third-order valence-electron chi connectivity index (χ3n) is 5.62. The van der Waals surface area contributed by atoms with Crippen molar-refractivity contribution in [2.45, 2.75) is 44.6 Å². The van der Waals surface area contributed by atoms with Gasteiger partial charge in [0.05, 0.1) is 30.6 Å². The summed E-state index contributed by atoms with van der Waals surface area (Å²) in [6, 6.07) is 9.46. The summed E-state index contributed by atoms with van der Waals surface area (Å²) in [5.74, 6) is 1.53. The quantitative estimate of drug-likeness (QED) is 0.630. The van der Waals surface area contributed by atoms with Crippen molar-refractivity contribution in [1.82, 2.24) is 19.9 Å². The van der Waals surface area contributed by atoms with Crippen molar-refractivity contribution in [1.29, 1.82) is 0 Å². The Bertz CT molecular complexity index is 1100. The summed E-state index contributed by atoms with van der Waals surface area (Å²) in [6.45, 7) is 0.534. The van der Waals surface area contributed by atoms with Gasteiger partial charge in [0.2, 0.25) is 0 Å². The fraction of sp³-hybridized carbons (Fsp3) is 0.348. The topological polar surface area (TPSA) is 89.9 Å². The third kappa shape index (κ3) is 3.63. The van der Waals surface area contributed by atoms with Gasteiger partial charge < -0.3 is 10.1 Å². The lowest BCUT2D eigenvalue weighted by Crippen LogP contribution is -2.12. The van der Waals surface area contributed by atoms with Gasteiger partial charge in [-0.25, -0.2) is 14.8 Å². The molecule has 7 heteroatoms. The molecule has 2 aliphatic rings. The van der Waals surface area contributed by atoms with Crippen molar-refractivity contribution < 1.29 is 9.53 Å². The minimum atomic E-state index is -0.322. The van der Waals surface area contributed by atoms with Crippen LogP contribution in [0.25, 0.3) is 11.5 Å². The van der Waals surface area contributed by atoms with Gasteiger partial charge >= 0.3 is 5.97 Å². The second-order valence-corrected chi connectivity index (χ2v) is 7.74. The van der Waals surface area contributed by atoms with Crippen molar-refractivity contribution in [3.63, 3.8) is 0 Å². The highest BCUT2D eigenvalue weighted by atomic mass is 16.5.